The third kappa shape index (κ3) is 4.58. The molecule has 2 aromatic rings. The van der Waals surface area contributed by atoms with Gasteiger partial charge in [-0.15, -0.1) is 0 Å². The number of amides is 3. The number of piperazine rings is 1. The van der Waals surface area contributed by atoms with Crippen molar-refractivity contribution in [3.8, 4) is 5.75 Å². The van der Waals surface area contributed by atoms with Gasteiger partial charge in [-0.3, -0.25) is 4.79 Å². The summed E-state index contributed by atoms with van der Waals surface area (Å²) in [7, 11) is 1.59. The van der Waals surface area contributed by atoms with Gasteiger partial charge in [0.25, 0.3) is 5.91 Å². The predicted octanol–water partition coefficient (Wildman–Crippen LogP) is 3.25. The quantitative estimate of drug-likeness (QED) is 0.902. The predicted molar refractivity (Wildman–Crippen MR) is 105 cm³/mol. The largest absolute Gasteiger partial charge is 0.497 e. The van der Waals surface area contributed by atoms with Gasteiger partial charge in [0, 0.05) is 43.5 Å². The lowest BCUT2D eigenvalue weighted by Gasteiger charge is -2.34. The van der Waals surface area contributed by atoms with Crippen LogP contribution in [0.25, 0.3) is 0 Å². The van der Waals surface area contributed by atoms with Gasteiger partial charge in [-0.25, -0.2) is 4.79 Å². The SMILES string of the molecule is CCc1ccc(C(=O)N2CCN(C(=O)Nc3cccc(OC)c3)CC2)cc1. The maximum absolute atomic E-state index is 12.6. The van der Waals surface area contributed by atoms with E-state index in [9.17, 15) is 9.59 Å². The van der Waals surface area contributed by atoms with E-state index in [0.29, 0.717) is 43.2 Å². The molecule has 2 aromatic carbocycles. The molecule has 1 aliphatic heterocycles. The number of nitrogens with zero attached hydrogens (tertiary/aromatic N) is 2. The molecule has 0 spiro atoms. The molecule has 27 heavy (non-hydrogen) atoms. The van der Waals surface area contributed by atoms with Crippen molar-refractivity contribution in [3.63, 3.8) is 0 Å². The van der Waals surface area contributed by atoms with Crippen LogP contribution < -0.4 is 10.1 Å². The van der Waals surface area contributed by atoms with Crippen LogP contribution in [0.2, 0.25) is 0 Å². The fourth-order valence-electron chi connectivity index (χ4n) is 3.08. The van der Waals surface area contributed by atoms with Crippen molar-refractivity contribution in [3.05, 3.63) is 59.7 Å². The molecule has 6 heteroatoms. The van der Waals surface area contributed by atoms with E-state index < -0.39 is 0 Å². The number of hydrogen-bond donors (Lipinski definition) is 1. The van der Waals surface area contributed by atoms with Gasteiger partial charge in [-0.1, -0.05) is 25.1 Å². The molecule has 1 saturated heterocycles. The van der Waals surface area contributed by atoms with Crippen molar-refractivity contribution in [2.24, 2.45) is 0 Å². The molecule has 0 aromatic heterocycles. The molecule has 0 aliphatic carbocycles. The van der Waals surface area contributed by atoms with E-state index in [-0.39, 0.29) is 11.9 Å². The van der Waals surface area contributed by atoms with Crippen molar-refractivity contribution in [1.82, 2.24) is 9.80 Å². The highest BCUT2D eigenvalue weighted by atomic mass is 16.5. The van der Waals surface area contributed by atoms with Gasteiger partial charge in [0.05, 0.1) is 7.11 Å². The number of anilines is 1. The van der Waals surface area contributed by atoms with E-state index in [1.165, 1.54) is 5.56 Å². The summed E-state index contributed by atoms with van der Waals surface area (Å²) in [6.07, 6.45) is 0.954. The number of methoxy groups -OCH3 is 1. The summed E-state index contributed by atoms with van der Waals surface area (Å²) in [5.74, 6) is 0.711. The van der Waals surface area contributed by atoms with E-state index in [4.69, 9.17) is 4.74 Å². The minimum absolute atomic E-state index is 0.0190. The van der Waals surface area contributed by atoms with E-state index in [2.05, 4.69) is 12.2 Å². The Balaban J connectivity index is 1.54. The standard InChI is InChI=1S/C21H25N3O3/c1-3-16-7-9-17(10-8-16)20(25)23-11-13-24(14-12-23)21(26)22-18-5-4-6-19(15-18)27-2/h4-10,15H,3,11-14H2,1-2H3,(H,22,26). The number of carbonyl (C=O) groups excluding carboxylic acids is 2. The number of rotatable bonds is 4. The normalized spacial score (nSPS) is 14.0. The second-order valence-electron chi connectivity index (χ2n) is 6.49. The van der Waals surface area contributed by atoms with Crippen LogP contribution in [0.4, 0.5) is 10.5 Å². The summed E-state index contributed by atoms with van der Waals surface area (Å²) in [5, 5.41) is 2.88. The minimum atomic E-state index is -0.164. The number of carbonyl (C=O) groups is 2. The lowest BCUT2D eigenvalue weighted by atomic mass is 10.1. The fourth-order valence-corrected chi connectivity index (χ4v) is 3.08. The van der Waals surface area contributed by atoms with E-state index in [1.54, 1.807) is 23.0 Å². The van der Waals surface area contributed by atoms with Crippen LogP contribution in [-0.4, -0.2) is 55.0 Å². The van der Waals surface area contributed by atoms with Crippen LogP contribution in [0.15, 0.2) is 48.5 Å². The Kier molecular flexibility index (Phi) is 5.96. The summed E-state index contributed by atoms with van der Waals surface area (Å²) >= 11 is 0. The number of ether oxygens (including phenoxy) is 1. The summed E-state index contributed by atoms with van der Waals surface area (Å²) in [5.41, 5.74) is 2.60. The maximum atomic E-state index is 12.6. The lowest BCUT2D eigenvalue weighted by Crippen LogP contribution is -2.51. The summed E-state index contributed by atoms with van der Waals surface area (Å²) in [4.78, 5) is 28.6. The van der Waals surface area contributed by atoms with Gasteiger partial charge >= 0.3 is 6.03 Å². The average Bonchev–Trinajstić information content (AvgIpc) is 2.73. The Morgan fingerprint density at radius 3 is 2.30 bits per heavy atom. The van der Waals surface area contributed by atoms with Crippen LogP contribution in [0.3, 0.4) is 0 Å². The van der Waals surface area contributed by atoms with Crippen molar-refractivity contribution in [2.45, 2.75) is 13.3 Å². The molecule has 0 saturated carbocycles. The molecule has 3 rings (SSSR count). The smallest absolute Gasteiger partial charge is 0.321 e. The monoisotopic (exact) mass is 367 g/mol. The first-order valence-corrected chi connectivity index (χ1v) is 9.19. The molecule has 0 bridgehead atoms. The van der Waals surface area contributed by atoms with Crippen LogP contribution in [0, 0.1) is 0 Å². The highest BCUT2D eigenvalue weighted by molar-refractivity contribution is 5.94. The zero-order valence-electron chi connectivity index (χ0n) is 15.8. The number of nitrogens with one attached hydrogen (secondary N) is 1. The molecule has 6 nitrogen and oxygen atoms in total. The van der Waals surface area contributed by atoms with Gasteiger partial charge in [-0.05, 0) is 36.2 Å². The van der Waals surface area contributed by atoms with Crippen LogP contribution in [0.1, 0.15) is 22.8 Å². The lowest BCUT2D eigenvalue weighted by molar-refractivity contribution is 0.0671. The van der Waals surface area contributed by atoms with Gasteiger partial charge in [0.1, 0.15) is 5.75 Å². The summed E-state index contributed by atoms with van der Waals surface area (Å²) in [6.45, 7) is 4.16. The van der Waals surface area contributed by atoms with Gasteiger partial charge in [0.2, 0.25) is 0 Å². The molecule has 1 heterocycles. The molecular formula is C21H25N3O3. The van der Waals surface area contributed by atoms with Gasteiger partial charge in [0.15, 0.2) is 0 Å². The Morgan fingerprint density at radius 2 is 1.67 bits per heavy atom. The Morgan fingerprint density at radius 1 is 1.00 bits per heavy atom. The van der Waals surface area contributed by atoms with Gasteiger partial charge < -0.3 is 19.9 Å². The molecule has 0 radical (unpaired) electrons. The van der Waals surface area contributed by atoms with Crippen molar-refractivity contribution in [1.29, 1.82) is 0 Å². The van der Waals surface area contributed by atoms with Crippen molar-refractivity contribution in [2.75, 3.05) is 38.6 Å². The average molecular weight is 367 g/mol. The molecule has 3 amide bonds. The third-order valence-corrected chi connectivity index (χ3v) is 4.78. The summed E-state index contributed by atoms with van der Waals surface area (Å²) in [6, 6.07) is 14.8. The molecule has 0 unspecified atom stereocenters. The van der Waals surface area contributed by atoms with E-state index in [0.717, 1.165) is 6.42 Å². The first-order chi connectivity index (χ1) is 13.1. The van der Waals surface area contributed by atoms with E-state index >= 15 is 0 Å². The number of urea groups is 1. The third-order valence-electron chi connectivity index (χ3n) is 4.78. The second kappa shape index (κ2) is 8.58. The Hall–Kier alpha value is -3.02. The first-order valence-electron chi connectivity index (χ1n) is 9.19. The maximum Gasteiger partial charge on any atom is 0.321 e. The topological polar surface area (TPSA) is 61.9 Å². The van der Waals surface area contributed by atoms with Gasteiger partial charge in [-0.2, -0.15) is 0 Å². The highest BCUT2D eigenvalue weighted by Gasteiger charge is 2.25. The minimum Gasteiger partial charge on any atom is -0.497 e. The second-order valence-corrected chi connectivity index (χ2v) is 6.49. The zero-order valence-corrected chi connectivity index (χ0v) is 15.8. The molecule has 1 aliphatic rings. The van der Waals surface area contributed by atoms with Crippen LogP contribution in [-0.2, 0) is 6.42 Å². The Labute approximate surface area is 159 Å². The van der Waals surface area contributed by atoms with Crippen molar-refractivity contribution < 1.29 is 14.3 Å². The Bertz CT molecular complexity index is 797. The molecule has 1 N–H and O–H groups in total. The highest BCUT2D eigenvalue weighted by Crippen LogP contribution is 2.18. The van der Waals surface area contributed by atoms with Crippen LogP contribution >= 0.6 is 0 Å². The molecule has 142 valence electrons. The number of benzene rings is 2. The number of hydrogen-bond acceptors (Lipinski definition) is 3. The zero-order chi connectivity index (χ0) is 19.2. The van der Waals surface area contributed by atoms with E-state index in [1.807, 2.05) is 42.5 Å². The molecule has 1 fully saturated rings. The molecular weight excluding hydrogens is 342 g/mol. The number of aryl methyl sites for hydroxylation is 1. The van der Waals surface area contributed by atoms with Crippen molar-refractivity contribution >= 4 is 17.6 Å². The first kappa shape index (κ1) is 18.8. The molecule has 0 atom stereocenters. The summed E-state index contributed by atoms with van der Waals surface area (Å²) < 4.78 is 5.17. The van der Waals surface area contributed by atoms with Crippen LogP contribution in [0.5, 0.6) is 5.75 Å². The fraction of sp³-hybridized carbons (Fsp3) is 0.333.